The Labute approximate surface area is 76.6 Å². The van der Waals surface area contributed by atoms with Crippen LogP contribution in [0.4, 0.5) is 0 Å². The number of rotatable bonds is 3. The summed E-state index contributed by atoms with van der Waals surface area (Å²) in [7, 11) is 1.71. The van der Waals surface area contributed by atoms with E-state index in [9.17, 15) is 0 Å². The molecule has 66 valence electrons. The molecule has 12 heavy (non-hydrogen) atoms. The van der Waals surface area contributed by atoms with Gasteiger partial charge in [-0.1, -0.05) is 6.92 Å². The Morgan fingerprint density at radius 1 is 1.75 bits per heavy atom. The van der Waals surface area contributed by atoms with Crippen LogP contribution in [0, 0.1) is 5.92 Å². The standard InChI is InChI=1S/C9H13NOS/c1-6-3-8(6)9-10-7(4-11-2)5-12-9/h5-6,8H,3-4H2,1-2H3. The topological polar surface area (TPSA) is 22.1 Å². The van der Waals surface area contributed by atoms with Crippen molar-refractivity contribution >= 4 is 11.3 Å². The van der Waals surface area contributed by atoms with Crippen LogP contribution in [0.5, 0.6) is 0 Å². The van der Waals surface area contributed by atoms with Gasteiger partial charge in [0.1, 0.15) is 0 Å². The van der Waals surface area contributed by atoms with Crippen LogP contribution in [0.25, 0.3) is 0 Å². The first-order valence-corrected chi connectivity index (χ1v) is 5.12. The predicted octanol–water partition coefficient (Wildman–Crippen LogP) is 2.41. The highest BCUT2D eigenvalue weighted by molar-refractivity contribution is 7.09. The van der Waals surface area contributed by atoms with Crippen molar-refractivity contribution in [3.8, 4) is 0 Å². The van der Waals surface area contributed by atoms with Crippen molar-refractivity contribution < 1.29 is 4.74 Å². The Morgan fingerprint density at radius 3 is 3.08 bits per heavy atom. The minimum Gasteiger partial charge on any atom is -0.378 e. The first-order chi connectivity index (χ1) is 5.81. The van der Waals surface area contributed by atoms with Gasteiger partial charge in [-0.05, 0) is 12.3 Å². The average molecular weight is 183 g/mol. The lowest BCUT2D eigenvalue weighted by molar-refractivity contribution is 0.182. The van der Waals surface area contributed by atoms with Crippen molar-refractivity contribution in [2.24, 2.45) is 5.92 Å². The Bertz CT molecular complexity index is 271. The molecular weight excluding hydrogens is 170 g/mol. The number of hydrogen-bond acceptors (Lipinski definition) is 3. The summed E-state index contributed by atoms with van der Waals surface area (Å²) in [6.45, 7) is 2.93. The van der Waals surface area contributed by atoms with Crippen molar-refractivity contribution in [1.82, 2.24) is 4.98 Å². The summed E-state index contributed by atoms with van der Waals surface area (Å²) >= 11 is 1.77. The molecule has 2 nitrogen and oxygen atoms in total. The molecule has 0 spiro atoms. The molecule has 3 heteroatoms. The number of hydrogen-bond donors (Lipinski definition) is 0. The van der Waals surface area contributed by atoms with Gasteiger partial charge in [0.25, 0.3) is 0 Å². The van der Waals surface area contributed by atoms with Gasteiger partial charge in [-0.2, -0.15) is 0 Å². The van der Waals surface area contributed by atoms with Gasteiger partial charge < -0.3 is 4.74 Å². The van der Waals surface area contributed by atoms with Gasteiger partial charge in [-0.3, -0.25) is 0 Å². The second kappa shape index (κ2) is 3.15. The summed E-state index contributed by atoms with van der Waals surface area (Å²) in [5, 5.41) is 3.40. The van der Waals surface area contributed by atoms with Crippen molar-refractivity contribution in [3.05, 3.63) is 16.1 Å². The van der Waals surface area contributed by atoms with E-state index in [1.54, 1.807) is 18.4 Å². The predicted molar refractivity (Wildman–Crippen MR) is 49.3 cm³/mol. The Kier molecular flexibility index (Phi) is 2.15. The Hall–Kier alpha value is -0.410. The lowest BCUT2D eigenvalue weighted by Gasteiger charge is -1.91. The van der Waals surface area contributed by atoms with E-state index in [0.717, 1.165) is 17.5 Å². The number of thiazole rings is 1. The minimum atomic E-state index is 0.650. The molecular formula is C9H13NOS. The van der Waals surface area contributed by atoms with E-state index in [-0.39, 0.29) is 0 Å². The van der Waals surface area contributed by atoms with E-state index < -0.39 is 0 Å². The van der Waals surface area contributed by atoms with Crippen LogP contribution >= 0.6 is 11.3 Å². The molecule has 2 atom stereocenters. The molecule has 0 aromatic carbocycles. The molecule has 0 bridgehead atoms. The van der Waals surface area contributed by atoms with Crippen molar-refractivity contribution in [3.63, 3.8) is 0 Å². The van der Waals surface area contributed by atoms with Gasteiger partial charge in [0.05, 0.1) is 17.3 Å². The number of methoxy groups -OCH3 is 1. The highest BCUT2D eigenvalue weighted by Gasteiger charge is 2.36. The van der Waals surface area contributed by atoms with E-state index in [1.807, 2.05) is 0 Å². The third-order valence-electron chi connectivity index (χ3n) is 2.29. The maximum absolute atomic E-state index is 5.01. The normalized spacial score (nSPS) is 27.5. The number of nitrogens with zero attached hydrogens (tertiary/aromatic N) is 1. The van der Waals surface area contributed by atoms with Crippen LogP contribution in [-0.4, -0.2) is 12.1 Å². The van der Waals surface area contributed by atoms with Crippen LogP contribution in [-0.2, 0) is 11.3 Å². The van der Waals surface area contributed by atoms with Crippen molar-refractivity contribution in [2.45, 2.75) is 25.9 Å². The molecule has 0 aliphatic heterocycles. The minimum absolute atomic E-state index is 0.650. The maximum atomic E-state index is 5.01. The summed E-state index contributed by atoms with van der Waals surface area (Å²) in [6.07, 6.45) is 1.32. The second-order valence-electron chi connectivity index (χ2n) is 3.43. The summed E-state index contributed by atoms with van der Waals surface area (Å²) < 4.78 is 5.01. The Balaban J connectivity index is 2.04. The third kappa shape index (κ3) is 1.52. The van der Waals surface area contributed by atoms with E-state index in [2.05, 4.69) is 17.3 Å². The average Bonchev–Trinajstić information content (AvgIpc) is 2.62. The van der Waals surface area contributed by atoms with E-state index in [1.165, 1.54) is 11.4 Å². The Morgan fingerprint density at radius 2 is 2.50 bits per heavy atom. The fraction of sp³-hybridized carbons (Fsp3) is 0.667. The molecule has 0 radical (unpaired) electrons. The lowest BCUT2D eigenvalue weighted by atomic mass is 10.3. The van der Waals surface area contributed by atoms with E-state index in [4.69, 9.17) is 4.74 Å². The highest BCUT2D eigenvalue weighted by atomic mass is 32.1. The third-order valence-corrected chi connectivity index (χ3v) is 3.31. The molecule has 1 saturated carbocycles. The monoisotopic (exact) mass is 183 g/mol. The molecule has 1 heterocycles. The van der Waals surface area contributed by atoms with Gasteiger partial charge in [0.15, 0.2) is 0 Å². The quantitative estimate of drug-likeness (QED) is 0.718. The molecule has 0 amide bonds. The summed E-state index contributed by atoms with van der Waals surface area (Å²) in [5.41, 5.74) is 1.08. The molecule has 0 N–H and O–H groups in total. The van der Waals surface area contributed by atoms with Gasteiger partial charge in [-0.25, -0.2) is 4.98 Å². The first kappa shape index (κ1) is 8.20. The van der Waals surface area contributed by atoms with Crippen LogP contribution in [0.1, 0.15) is 30.0 Å². The van der Waals surface area contributed by atoms with Crippen LogP contribution in [0.3, 0.4) is 0 Å². The van der Waals surface area contributed by atoms with Gasteiger partial charge in [0.2, 0.25) is 0 Å². The summed E-state index contributed by atoms with van der Waals surface area (Å²) in [4.78, 5) is 4.51. The molecule has 1 aliphatic rings. The van der Waals surface area contributed by atoms with Crippen molar-refractivity contribution in [1.29, 1.82) is 0 Å². The SMILES string of the molecule is COCc1csc(C2CC2C)n1. The van der Waals surface area contributed by atoms with Gasteiger partial charge >= 0.3 is 0 Å². The van der Waals surface area contributed by atoms with Crippen LogP contribution in [0.15, 0.2) is 5.38 Å². The number of aromatic nitrogens is 1. The maximum Gasteiger partial charge on any atom is 0.0963 e. The summed E-state index contributed by atoms with van der Waals surface area (Å²) in [5.74, 6) is 1.60. The molecule has 2 unspecified atom stereocenters. The number of ether oxygens (including phenoxy) is 1. The lowest BCUT2D eigenvalue weighted by Crippen LogP contribution is -1.88. The smallest absolute Gasteiger partial charge is 0.0963 e. The van der Waals surface area contributed by atoms with E-state index >= 15 is 0 Å². The van der Waals surface area contributed by atoms with Crippen LogP contribution < -0.4 is 0 Å². The molecule has 1 aromatic heterocycles. The molecule has 0 saturated heterocycles. The second-order valence-corrected chi connectivity index (χ2v) is 4.32. The van der Waals surface area contributed by atoms with Crippen LogP contribution in [0.2, 0.25) is 0 Å². The highest BCUT2D eigenvalue weighted by Crippen LogP contribution is 2.47. The fourth-order valence-electron chi connectivity index (χ4n) is 1.37. The largest absolute Gasteiger partial charge is 0.378 e. The zero-order valence-corrected chi connectivity index (χ0v) is 8.23. The molecule has 1 fully saturated rings. The fourth-order valence-corrected chi connectivity index (χ4v) is 2.42. The molecule has 2 rings (SSSR count). The first-order valence-electron chi connectivity index (χ1n) is 4.24. The molecule has 1 aromatic rings. The van der Waals surface area contributed by atoms with Gasteiger partial charge in [0, 0.05) is 18.4 Å². The zero-order chi connectivity index (χ0) is 8.55. The van der Waals surface area contributed by atoms with E-state index in [0.29, 0.717) is 6.61 Å². The van der Waals surface area contributed by atoms with Gasteiger partial charge in [-0.15, -0.1) is 11.3 Å². The molecule has 1 aliphatic carbocycles. The van der Waals surface area contributed by atoms with Crippen molar-refractivity contribution in [2.75, 3.05) is 7.11 Å². The summed E-state index contributed by atoms with van der Waals surface area (Å²) in [6, 6.07) is 0. The zero-order valence-electron chi connectivity index (χ0n) is 7.41.